The first-order valence-corrected chi connectivity index (χ1v) is 8.69. The lowest BCUT2D eigenvalue weighted by Crippen LogP contribution is -2.42. The summed E-state index contributed by atoms with van der Waals surface area (Å²) in [6, 6.07) is 0.716. The van der Waals surface area contributed by atoms with Crippen LogP contribution in [0.5, 0.6) is 0 Å². The predicted molar refractivity (Wildman–Crippen MR) is 103 cm³/mol. The van der Waals surface area contributed by atoms with Gasteiger partial charge in [-0.1, -0.05) is 0 Å². The summed E-state index contributed by atoms with van der Waals surface area (Å²) in [6.45, 7) is 7.65. The molecule has 3 rings (SSSR count). The molecule has 5 nitrogen and oxygen atoms in total. The molecule has 1 aromatic heterocycles. The van der Waals surface area contributed by atoms with E-state index in [1.165, 1.54) is 37.2 Å². The molecule has 0 amide bonds. The molecule has 124 valence electrons. The predicted octanol–water partition coefficient (Wildman–Crippen LogP) is 2.32. The van der Waals surface area contributed by atoms with E-state index >= 15 is 0 Å². The van der Waals surface area contributed by atoms with E-state index in [9.17, 15) is 0 Å². The van der Waals surface area contributed by atoms with Gasteiger partial charge >= 0.3 is 0 Å². The van der Waals surface area contributed by atoms with Gasteiger partial charge in [-0.2, -0.15) is 0 Å². The fraction of sp³-hybridized carbons (Fsp3) is 0.733. The second-order valence-electron chi connectivity index (χ2n) is 5.90. The number of nitrogens with zero attached hydrogens (tertiary/aromatic N) is 4. The summed E-state index contributed by atoms with van der Waals surface area (Å²) in [7, 11) is 1.87. The first-order chi connectivity index (χ1) is 10.3. The van der Waals surface area contributed by atoms with Crippen LogP contribution in [0.4, 0.5) is 0 Å². The zero-order valence-electron chi connectivity index (χ0n) is 13.4. The van der Waals surface area contributed by atoms with Crippen LogP contribution in [0.25, 0.3) is 0 Å². The summed E-state index contributed by atoms with van der Waals surface area (Å²) in [5, 5.41) is 4.59. The highest BCUT2D eigenvalue weighted by atomic mass is 127. The zero-order chi connectivity index (χ0) is 14.7. The van der Waals surface area contributed by atoms with Crippen molar-refractivity contribution in [2.45, 2.75) is 38.8 Å². The van der Waals surface area contributed by atoms with Crippen LogP contribution in [0.3, 0.4) is 0 Å². The van der Waals surface area contributed by atoms with Crippen LogP contribution in [0, 0.1) is 6.92 Å². The highest BCUT2D eigenvalue weighted by Crippen LogP contribution is 2.20. The van der Waals surface area contributed by atoms with Crippen LogP contribution in [0.2, 0.25) is 0 Å². The maximum Gasteiger partial charge on any atom is 0.194 e. The standard InChI is InChI=1S/C15H25N5S.HI/c1-12-9-17-14(21-12)10-18-15(16-2)20-8-5-13(11-20)19-6-3-4-7-19;/h9,13H,3-8,10-11H2,1-2H3,(H,16,18);1H. The molecule has 0 bridgehead atoms. The van der Waals surface area contributed by atoms with E-state index in [0.717, 1.165) is 30.6 Å². The number of aromatic nitrogens is 1. The summed E-state index contributed by atoms with van der Waals surface area (Å²) in [5.74, 6) is 1.02. The van der Waals surface area contributed by atoms with E-state index in [1.54, 1.807) is 11.3 Å². The van der Waals surface area contributed by atoms with Crippen molar-refractivity contribution in [3.63, 3.8) is 0 Å². The van der Waals surface area contributed by atoms with Crippen molar-refractivity contribution in [1.29, 1.82) is 0 Å². The minimum Gasteiger partial charge on any atom is -0.350 e. The quantitative estimate of drug-likeness (QED) is 0.450. The second-order valence-corrected chi connectivity index (χ2v) is 7.22. The van der Waals surface area contributed by atoms with Gasteiger partial charge in [0.05, 0.1) is 6.54 Å². The van der Waals surface area contributed by atoms with E-state index in [4.69, 9.17) is 0 Å². The number of likely N-dealkylation sites (tertiary alicyclic amines) is 2. The third kappa shape index (κ3) is 4.32. The molecule has 0 saturated carbocycles. The van der Waals surface area contributed by atoms with Crippen LogP contribution in [-0.2, 0) is 6.54 Å². The van der Waals surface area contributed by atoms with Gasteiger partial charge in [0.2, 0.25) is 0 Å². The molecule has 0 aromatic carbocycles. The van der Waals surface area contributed by atoms with E-state index in [1.807, 2.05) is 13.2 Å². The molecular formula is C15H26IN5S. The molecule has 1 atom stereocenters. The summed E-state index contributed by atoms with van der Waals surface area (Å²) < 4.78 is 0. The molecule has 1 aromatic rings. The van der Waals surface area contributed by atoms with Crippen LogP contribution < -0.4 is 5.32 Å². The van der Waals surface area contributed by atoms with Crippen molar-refractivity contribution in [2.75, 3.05) is 33.2 Å². The number of guanidine groups is 1. The average Bonchev–Trinajstić information content (AvgIpc) is 3.19. The molecule has 22 heavy (non-hydrogen) atoms. The SMILES string of the molecule is CN=C(NCc1ncc(C)s1)N1CCC(N2CCCC2)C1.I. The topological polar surface area (TPSA) is 43.8 Å². The van der Waals surface area contributed by atoms with Crippen LogP contribution >= 0.6 is 35.3 Å². The first-order valence-electron chi connectivity index (χ1n) is 7.87. The Kier molecular flexibility index (Phi) is 6.88. The lowest BCUT2D eigenvalue weighted by atomic mass is 10.2. The molecule has 0 spiro atoms. The third-order valence-electron chi connectivity index (χ3n) is 4.40. The minimum absolute atomic E-state index is 0. The Morgan fingerprint density at radius 2 is 2.18 bits per heavy atom. The van der Waals surface area contributed by atoms with Crippen molar-refractivity contribution >= 4 is 41.3 Å². The van der Waals surface area contributed by atoms with Crippen LogP contribution in [0.1, 0.15) is 29.1 Å². The summed E-state index contributed by atoms with van der Waals surface area (Å²) in [6.07, 6.45) is 5.93. The van der Waals surface area contributed by atoms with Gasteiger partial charge < -0.3 is 10.2 Å². The van der Waals surface area contributed by atoms with E-state index in [-0.39, 0.29) is 24.0 Å². The van der Waals surface area contributed by atoms with Crippen molar-refractivity contribution < 1.29 is 0 Å². The van der Waals surface area contributed by atoms with Gasteiger partial charge in [0.15, 0.2) is 5.96 Å². The van der Waals surface area contributed by atoms with Gasteiger partial charge in [-0.25, -0.2) is 4.98 Å². The maximum atomic E-state index is 4.44. The molecule has 1 unspecified atom stereocenters. The first kappa shape index (κ1) is 17.9. The number of rotatable bonds is 3. The number of hydrogen-bond acceptors (Lipinski definition) is 4. The third-order valence-corrected chi connectivity index (χ3v) is 5.31. The monoisotopic (exact) mass is 435 g/mol. The van der Waals surface area contributed by atoms with E-state index < -0.39 is 0 Å². The highest BCUT2D eigenvalue weighted by molar-refractivity contribution is 14.0. The molecular weight excluding hydrogens is 409 g/mol. The summed E-state index contributed by atoms with van der Waals surface area (Å²) >= 11 is 1.75. The maximum absolute atomic E-state index is 4.44. The Bertz CT molecular complexity index is 498. The number of aliphatic imine (C=N–C) groups is 1. The summed E-state index contributed by atoms with van der Waals surface area (Å²) in [4.78, 5) is 15.1. The molecule has 3 heterocycles. The van der Waals surface area contributed by atoms with Gasteiger partial charge in [-0.05, 0) is 39.3 Å². The van der Waals surface area contributed by atoms with Gasteiger partial charge in [-0.15, -0.1) is 35.3 Å². The lowest BCUT2D eigenvalue weighted by Gasteiger charge is -2.25. The second kappa shape index (κ2) is 8.44. The average molecular weight is 435 g/mol. The van der Waals surface area contributed by atoms with Crippen molar-refractivity contribution in [3.05, 3.63) is 16.1 Å². The number of nitrogens with one attached hydrogen (secondary N) is 1. The van der Waals surface area contributed by atoms with Crippen molar-refractivity contribution in [2.24, 2.45) is 4.99 Å². The van der Waals surface area contributed by atoms with E-state index in [0.29, 0.717) is 6.04 Å². The minimum atomic E-state index is 0. The zero-order valence-corrected chi connectivity index (χ0v) is 16.6. The molecule has 0 radical (unpaired) electrons. The lowest BCUT2D eigenvalue weighted by molar-refractivity contribution is 0.249. The Morgan fingerprint density at radius 3 is 2.82 bits per heavy atom. The van der Waals surface area contributed by atoms with E-state index in [2.05, 4.69) is 32.0 Å². The van der Waals surface area contributed by atoms with Gasteiger partial charge in [0, 0.05) is 37.3 Å². The number of thiazole rings is 1. The summed E-state index contributed by atoms with van der Waals surface area (Å²) in [5.41, 5.74) is 0. The Morgan fingerprint density at radius 1 is 1.41 bits per heavy atom. The largest absolute Gasteiger partial charge is 0.350 e. The van der Waals surface area contributed by atoms with Crippen LogP contribution in [0.15, 0.2) is 11.2 Å². The highest BCUT2D eigenvalue weighted by Gasteiger charge is 2.30. The molecule has 7 heteroatoms. The fourth-order valence-corrected chi connectivity index (χ4v) is 4.04. The van der Waals surface area contributed by atoms with Crippen molar-refractivity contribution in [3.8, 4) is 0 Å². The molecule has 2 fully saturated rings. The fourth-order valence-electron chi connectivity index (χ4n) is 3.31. The molecule has 2 saturated heterocycles. The van der Waals surface area contributed by atoms with Crippen LogP contribution in [-0.4, -0.2) is 60.0 Å². The molecule has 1 N–H and O–H groups in total. The van der Waals surface area contributed by atoms with Gasteiger partial charge in [-0.3, -0.25) is 9.89 Å². The molecule has 2 aliphatic heterocycles. The number of hydrogen-bond donors (Lipinski definition) is 1. The van der Waals surface area contributed by atoms with Gasteiger partial charge in [0.25, 0.3) is 0 Å². The molecule has 0 aliphatic carbocycles. The number of halogens is 1. The molecule has 2 aliphatic rings. The normalized spacial score (nSPS) is 22.9. The smallest absolute Gasteiger partial charge is 0.194 e. The van der Waals surface area contributed by atoms with Crippen molar-refractivity contribution in [1.82, 2.24) is 20.1 Å². The Hall–Kier alpha value is -0.410. The Labute approximate surface area is 154 Å². The number of aryl methyl sites for hydroxylation is 1. The van der Waals surface area contributed by atoms with Gasteiger partial charge in [0.1, 0.15) is 5.01 Å². The Balaban J connectivity index is 0.00000176.